The van der Waals surface area contributed by atoms with Crippen LogP contribution in [0.25, 0.3) is 0 Å². The van der Waals surface area contributed by atoms with Crippen LogP contribution in [0.1, 0.15) is 44.1 Å². The Morgan fingerprint density at radius 1 is 1.05 bits per heavy atom. The van der Waals surface area contributed by atoms with Gasteiger partial charge in [0.2, 0.25) is 0 Å². The van der Waals surface area contributed by atoms with Gasteiger partial charge in [-0.05, 0) is 61.6 Å². The molecule has 1 aromatic carbocycles. The maximum absolute atomic E-state index is 6.05. The molecule has 19 heavy (non-hydrogen) atoms. The summed E-state index contributed by atoms with van der Waals surface area (Å²) in [5.74, 6) is 0.941. The number of fused-ring (bicyclic) bond motifs is 3. The van der Waals surface area contributed by atoms with Crippen molar-refractivity contribution < 1.29 is 4.74 Å². The van der Waals surface area contributed by atoms with Crippen molar-refractivity contribution in [1.82, 2.24) is 0 Å². The van der Waals surface area contributed by atoms with Crippen LogP contribution < -0.4 is 10.5 Å². The van der Waals surface area contributed by atoms with Crippen LogP contribution in [0.4, 0.5) is 0 Å². The normalized spacial score (nSPS) is 33.1. The molecule has 3 fully saturated rings. The zero-order valence-electron chi connectivity index (χ0n) is 11.7. The molecule has 2 nitrogen and oxygen atoms in total. The summed E-state index contributed by atoms with van der Waals surface area (Å²) < 4.78 is 5.25. The van der Waals surface area contributed by atoms with Gasteiger partial charge in [-0.1, -0.05) is 18.7 Å². The van der Waals surface area contributed by atoms with Gasteiger partial charge in [-0.25, -0.2) is 0 Å². The lowest BCUT2D eigenvalue weighted by Gasteiger charge is -2.54. The minimum absolute atomic E-state index is 0.244. The summed E-state index contributed by atoms with van der Waals surface area (Å²) in [7, 11) is 1.72. The number of benzene rings is 1. The van der Waals surface area contributed by atoms with E-state index in [1.54, 1.807) is 7.11 Å². The monoisotopic (exact) mass is 257 g/mol. The van der Waals surface area contributed by atoms with E-state index in [1.807, 2.05) is 0 Å². The van der Waals surface area contributed by atoms with Gasteiger partial charge in [-0.2, -0.15) is 0 Å². The second-order valence-electron chi connectivity index (χ2n) is 6.31. The van der Waals surface area contributed by atoms with Crippen LogP contribution in [0, 0.1) is 5.41 Å². The smallest absolute Gasteiger partial charge is 0.118 e. The molecule has 0 spiro atoms. The lowest BCUT2D eigenvalue weighted by Crippen LogP contribution is -2.46. The van der Waals surface area contributed by atoms with Crippen molar-refractivity contribution in [2.75, 3.05) is 7.11 Å². The van der Waals surface area contributed by atoms with Gasteiger partial charge < -0.3 is 10.5 Å². The molecule has 2 bridgehead atoms. The number of ether oxygens (including phenoxy) is 1. The minimum Gasteiger partial charge on any atom is -0.497 e. The SMILES string of the molecule is C=C(N)C12CCC(c3ccc(OC)cc3)(CC1)CC2. The van der Waals surface area contributed by atoms with Gasteiger partial charge in [0.15, 0.2) is 0 Å². The van der Waals surface area contributed by atoms with E-state index in [9.17, 15) is 0 Å². The van der Waals surface area contributed by atoms with Crippen molar-refractivity contribution in [3.63, 3.8) is 0 Å². The molecular formula is C17H23NO. The molecule has 0 saturated heterocycles. The Morgan fingerprint density at radius 3 is 2.00 bits per heavy atom. The summed E-state index contributed by atoms with van der Waals surface area (Å²) in [6.07, 6.45) is 7.34. The number of allylic oxidation sites excluding steroid dienone is 1. The fourth-order valence-corrected chi connectivity index (χ4v) is 4.04. The van der Waals surface area contributed by atoms with Gasteiger partial charge in [0.25, 0.3) is 0 Å². The third kappa shape index (κ3) is 1.85. The second kappa shape index (κ2) is 4.29. The molecule has 102 valence electrons. The first-order valence-electron chi connectivity index (χ1n) is 7.20. The number of rotatable bonds is 3. The molecule has 0 aliphatic heterocycles. The summed E-state index contributed by atoms with van der Waals surface area (Å²) in [5.41, 5.74) is 9.06. The van der Waals surface area contributed by atoms with Crippen molar-refractivity contribution in [3.05, 3.63) is 42.1 Å². The fourth-order valence-electron chi connectivity index (χ4n) is 4.04. The molecule has 0 heterocycles. The van der Waals surface area contributed by atoms with E-state index in [2.05, 4.69) is 30.8 Å². The van der Waals surface area contributed by atoms with E-state index in [0.29, 0.717) is 5.41 Å². The molecule has 1 aromatic rings. The summed E-state index contributed by atoms with van der Waals surface area (Å²) >= 11 is 0. The van der Waals surface area contributed by atoms with Gasteiger partial charge in [0.05, 0.1) is 7.11 Å². The average molecular weight is 257 g/mol. The predicted octanol–water partition coefficient (Wildman–Crippen LogP) is 3.76. The van der Waals surface area contributed by atoms with Crippen LogP contribution in [0.15, 0.2) is 36.5 Å². The Labute approximate surface area is 115 Å². The van der Waals surface area contributed by atoms with Gasteiger partial charge in [0.1, 0.15) is 5.75 Å². The summed E-state index contributed by atoms with van der Waals surface area (Å²) in [6.45, 7) is 4.03. The van der Waals surface area contributed by atoms with Crippen LogP contribution >= 0.6 is 0 Å². The molecule has 0 radical (unpaired) electrons. The zero-order chi connectivity index (χ0) is 13.5. The van der Waals surface area contributed by atoms with Gasteiger partial charge >= 0.3 is 0 Å². The van der Waals surface area contributed by atoms with Crippen molar-refractivity contribution in [2.45, 2.75) is 43.9 Å². The molecule has 2 N–H and O–H groups in total. The van der Waals surface area contributed by atoms with E-state index in [0.717, 1.165) is 11.4 Å². The maximum Gasteiger partial charge on any atom is 0.118 e. The summed E-state index contributed by atoms with van der Waals surface area (Å²) in [6, 6.07) is 8.66. The molecule has 4 rings (SSSR count). The average Bonchev–Trinajstić information content (AvgIpc) is 2.49. The van der Waals surface area contributed by atoms with Gasteiger partial charge in [0, 0.05) is 11.1 Å². The van der Waals surface area contributed by atoms with E-state index in [1.165, 1.54) is 44.1 Å². The lowest BCUT2D eigenvalue weighted by molar-refractivity contribution is 0.0688. The molecule has 3 saturated carbocycles. The summed E-state index contributed by atoms with van der Waals surface area (Å²) in [5, 5.41) is 0. The molecule has 0 aromatic heterocycles. The van der Waals surface area contributed by atoms with Crippen LogP contribution in [0.3, 0.4) is 0 Å². The van der Waals surface area contributed by atoms with Gasteiger partial charge in [-0.3, -0.25) is 0 Å². The Kier molecular flexibility index (Phi) is 2.84. The van der Waals surface area contributed by atoms with Crippen molar-refractivity contribution in [3.8, 4) is 5.75 Å². The fraction of sp³-hybridized carbons (Fsp3) is 0.529. The van der Waals surface area contributed by atoms with E-state index < -0.39 is 0 Å². The number of methoxy groups -OCH3 is 1. The first kappa shape index (κ1) is 12.6. The molecule has 0 unspecified atom stereocenters. The third-order valence-corrected chi connectivity index (χ3v) is 5.63. The molecule has 0 atom stereocenters. The number of hydrogen-bond acceptors (Lipinski definition) is 2. The van der Waals surface area contributed by atoms with Crippen LogP contribution in [-0.4, -0.2) is 7.11 Å². The third-order valence-electron chi connectivity index (χ3n) is 5.63. The van der Waals surface area contributed by atoms with Crippen LogP contribution in [0.5, 0.6) is 5.75 Å². The van der Waals surface area contributed by atoms with Gasteiger partial charge in [-0.15, -0.1) is 0 Å². The van der Waals surface area contributed by atoms with Crippen molar-refractivity contribution in [1.29, 1.82) is 0 Å². The summed E-state index contributed by atoms with van der Waals surface area (Å²) in [4.78, 5) is 0. The molecular weight excluding hydrogens is 234 g/mol. The van der Waals surface area contributed by atoms with E-state index in [4.69, 9.17) is 10.5 Å². The molecule has 3 aliphatic carbocycles. The maximum atomic E-state index is 6.05. The Balaban J connectivity index is 1.85. The second-order valence-corrected chi connectivity index (χ2v) is 6.31. The van der Waals surface area contributed by atoms with Crippen LogP contribution in [0.2, 0.25) is 0 Å². The minimum atomic E-state index is 0.244. The molecule has 0 amide bonds. The highest BCUT2D eigenvalue weighted by molar-refractivity contribution is 5.35. The first-order valence-corrected chi connectivity index (χ1v) is 7.20. The lowest BCUT2D eigenvalue weighted by atomic mass is 9.51. The van der Waals surface area contributed by atoms with E-state index in [-0.39, 0.29) is 5.41 Å². The number of nitrogens with two attached hydrogens (primary N) is 1. The predicted molar refractivity (Wildman–Crippen MR) is 78.1 cm³/mol. The zero-order valence-corrected chi connectivity index (χ0v) is 11.7. The standard InChI is InChI=1S/C17H23NO/c1-13(18)16-7-10-17(11-8-16,12-9-16)14-3-5-15(19-2)6-4-14/h3-6H,1,7-12,18H2,2H3. The topological polar surface area (TPSA) is 35.2 Å². The highest BCUT2D eigenvalue weighted by atomic mass is 16.5. The van der Waals surface area contributed by atoms with Crippen LogP contribution in [-0.2, 0) is 5.41 Å². The number of hydrogen-bond donors (Lipinski definition) is 1. The molecule has 2 heteroatoms. The highest BCUT2D eigenvalue weighted by Crippen LogP contribution is 2.59. The largest absolute Gasteiger partial charge is 0.497 e. The van der Waals surface area contributed by atoms with Crippen molar-refractivity contribution >= 4 is 0 Å². The first-order chi connectivity index (χ1) is 9.10. The highest BCUT2D eigenvalue weighted by Gasteiger charge is 2.49. The quantitative estimate of drug-likeness (QED) is 0.894. The van der Waals surface area contributed by atoms with Crippen molar-refractivity contribution in [2.24, 2.45) is 11.1 Å². The Morgan fingerprint density at radius 2 is 1.58 bits per heavy atom. The van der Waals surface area contributed by atoms with E-state index >= 15 is 0 Å². The molecule has 3 aliphatic rings. The Bertz CT molecular complexity index is 464. The Hall–Kier alpha value is -1.44.